The van der Waals surface area contributed by atoms with Crippen molar-refractivity contribution in [2.45, 2.75) is 83.3 Å². The molecule has 3 aromatic heterocycles. The van der Waals surface area contributed by atoms with Crippen molar-refractivity contribution in [3.8, 4) is 0 Å². The van der Waals surface area contributed by atoms with Crippen LogP contribution >= 0.6 is 0 Å². The molecule has 0 saturated carbocycles. The molecule has 0 aliphatic carbocycles. The first kappa shape index (κ1) is 28.1. The van der Waals surface area contributed by atoms with E-state index in [0.717, 1.165) is 78.3 Å². The lowest BCUT2D eigenvalue weighted by Gasteiger charge is -2.36. The number of piperidine rings is 2. The van der Waals surface area contributed by atoms with Crippen LogP contribution in [0, 0.1) is 5.21 Å². The van der Waals surface area contributed by atoms with Gasteiger partial charge in [0, 0.05) is 61.6 Å². The number of aryl methyl sites for hydroxylation is 1. The van der Waals surface area contributed by atoms with Gasteiger partial charge >= 0.3 is 0 Å². The molecule has 2 saturated heterocycles. The third kappa shape index (κ3) is 7.33. The quantitative estimate of drug-likeness (QED) is 0.248. The fourth-order valence-electron chi connectivity index (χ4n) is 5.39. The second-order valence-corrected chi connectivity index (χ2v) is 10.2. The van der Waals surface area contributed by atoms with Gasteiger partial charge in [-0.05, 0) is 64.0 Å². The zero-order valence-corrected chi connectivity index (χ0v) is 22.6. The maximum Gasteiger partial charge on any atom is 0.185 e. The molecule has 4 N–H and O–H groups in total. The van der Waals surface area contributed by atoms with Crippen LogP contribution in [0.15, 0.2) is 36.8 Å². The number of fused-ring (bicyclic) bond motifs is 1. The van der Waals surface area contributed by atoms with Gasteiger partial charge in [-0.1, -0.05) is 13.3 Å². The number of hydrogen-bond donors (Lipinski definition) is 4. The van der Waals surface area contributed by atoms with Gasteiger partial charge in [-0.25, -0.2) is 4.98 Å². The van der Waals surface area contributed by atoms with Gasteiger partial charge in [0.15, 0.2) is 18.0 Å². The lowest BCUT2D eigenvalue weighted by molar-refractivity contribution is -0.605. The SMILES string of the molecule is CCc1cnn2c(NCc3ccc[n+]([O-])c3)cc(N3CCCC[C@H]3CCO)nc12.OCC[C@@H]1CCCCN1. The fourth-order valence-corrected chi connectivity index (χ4v) is 5.39. The smallest absolute Gasteiger partial charge is 0.185 e. The number of nitrogens with one attached hydrogen (secondary N) is 2. The number of nitrogens with zero attached hydrogens (tertiary/aromatic N) is 5. The van der Waals surface area contributed by atoms with Crippen LogP contribution in [0.2, 0.25) is 0 Å². The van der Waals surface area contributed by atoms with E-state index < -0.39 is 0 Å². The number of pyridine rings is 1. The maximum atomic E-state index is 11.5. The average molecular weight is 526 g/mol. The van der Waals surface area contributed by atoms with E-state index in [-0.39, 0.29) is 6.61 Å². The van der Waals surface area contributed by atoms with E-state index in [1.54, 1.807) is 12.3 Å². The highest BCUT2D eigenvalue weighted by Gasteiger charge is 2.25. The monoisotopic (exact) mass is 525 g/mol. The molecule has 0 spiro atoms. The van der Waals surface area contributed by atoms with Gasteiger partial charge in [-0.15, -0.1) is 0 Å². The summed E-state index contributed by atoms with van der Waals surface area (Å²) < 4.78 is 2.64. The van der Waals surface area contributed by atoms with Crippen LogP contribution in [0.3, 0.4) is 0 Å². The summed E-state index contributed by atoms with van der Waals surface area (Å²) in [6.07, 6.45) is 14.7. The van der Waals surface area contributed by atoms with Crippen LogP contribution in [-0.2, 0) is 13.0 Å². The number of hydrogen-bond acceptors (Lipinski definition) is 8. The third-order valence-electron chi connectivity index (χ3n) is 7.50. The van der Waals surface area contributed by atoms with Gasteiger partial charge in [-0.3, -0.25) is 0 Å². The Bertz CT molecular complexity index is 1130. The minimum absolute atomic E-state index is 0.185. The molecule has 2 atom stereocenters. The normalized spacial score (nSPS) is 19.7. The Labute approximate surface area is 225 Å². The molecule has 0 aromatic carbocycles. The Morgan fingerprint density at radius 1 is 1.16 bits per heavy atom. The molecule has 10 nitrogen and oxygen atoms in total. The maximum absolute atomic E-state index is 11.5. The summed E-state index contributed by atoms with van der Waals surface area (Å²) >= 11 is 0. The predicted octanol–water partition coefficient (Wildman–Crippen LogP) is 2.79. The molecule has 208 valence electrons. The Kier molecular flexibility index (Phi) is 10.5. The van der Waals surface area contributed by atoms with Crippen molar-refractivity contribution in [1.82, 2.24) is 19.9 Å². The molecule has 3 aromatic rings. The summed E-state index contributed by atoms with van der Waals surface area (Å²) in [7, 11) is 0. The molecule has 38 heavy (non-hydrogen) atoms. The largest absolute Gasteiger partial charge is 0.619 e. The molecule has 2 fully saturated rings. The van der Waals surface area contributed by atoms with Crippen LogP contribution in [0.25, 0.3) is 5.65 Å². The van der Waals surface area contributed by atoms with Crippen molar-refractivity contribution in [3.63, 3.8) is 0 Å². The lowest BCUT2D eigenvalue weighted by atomic mass is 9.99. The highest BCUT2D eigenvalue weighted by Crippen LogP contribution is 2.29. The van der Waals surface area contributed by atoms with E-state index in [1.165, 1.54) is 31.9 Å². The molecule has 2 aliphatic heterocycles. The zero-order chi connectivity index (χ0) is 26.7. The predicted molar refractivity (Wildman–Crippen MR) is 149 cm³/mol. The average Bonchev–Trinajstić information content (AvgIpc) is 3.37. The Morgan fingerprint density at radius 2 is 2.00 bits per heavy atom. The van der Waals surface area contributed by atoms with Crippen LogP contribution < -0.4 is 20.3 Å². The summed E-state index contributed by atoms with van der Waals surface area (Å²) in [6.45, 7) is 5.22. The summed E-state index contributed by atoms with van der Waals surface area (Å²) in [5.74, 6) is 1.76. The van der Waals surface area contributed by atoms with E-state index in [0.29, 0.717) is 25.2 Å². The Morgan fingerprint density at radius 3 is 2.74 bits per heavy atom. The van der Waals surface area contributed by atoms with Gasteiger partial charge < -0.3 is 31.0 Å². The third-order valence-corrected chi connectivity index (χ3v) is 7.50. The lowest BCUT2D eigenvalue weighted by Crippen LogP contribution is -2.40. The molecular weight excluding hydrogens is 482 g/mol. The summed E-state index contributed by atoms with van der Waals surface area (Å²) in [5.41, 5.74) is 2.85. The van der Waals surface area contributed by atoms with Crippen molar-refractivity contribution in [2.24, 2.45) is 0 Å². The van der Waals surface area contributed by atoms with E-state index in [4.69, 9.17) is 10.1 Å². The van der Waals surface area contributed by atoms with Gasteiger partial charge in [0.2, 0.25) is 0 Å². The van der Waals surface area contributed by atoms with Crippen LogP contribution in [0.1, 0.15) is 69.4 Å². The number of aliphatic hydroxyl groups excluding tert-OH is 2. The van der Waals surface area contributed by atoms with E-state index in [1.807, 2.05) is 22.8 Å². The first-order valence-corrected chi connectivity index (χ1v) is 14.1. The summed E-state index contributed by atoms with van der Waals surface area (Å²) in [6, 6.07) is 6.60. The van der Waals surface area contributed by atoms with Gasteiger partial charge in [0.05, 0.1) is 6.20 Å². The minimum Gasteiger partial charge on any atom is -0.619 e. The molecule has 2 aliphatic rings. The van der Waals surface area contributed by atoms with Crippen molar-refractivity contribution in [1.29, 1.82) is 0 Å². The van der Waals surface area contributed by atoms with Crippen LogP contribution in [0.5, 0.6) is 0 Å². The highest BCUT2D eigenvalue weighted by molar-refractivity contribution is 5.61. The van der Waals surface area contributed by atoms with Gasteiger partial charge in [0.25, 0.3) is 0 Å². The number of aliphatic hydroxyl groups is 2. The second kappa shape index (κ2) is 14.3. The van der Waals surface area contributed by atoms with E-state index in [2.05, 4.69) is 27.6 Å². The molecule has 0 amide bonds. The molecule has 0 bridgehead atoms. The first-order valence-electron chi connectivity index (χ1n) is 14.1. The second-order valence-electron chi connectivity index (χ2n) is 10.2. The molecule has 10 heteroatoms. The van der Waals surface area contributed by atoms with Gasteiger partial charge in [-0.2, -0.15) is 14.3 Å². The molecule has 5 heterocycles. The van der Waals surface area contributed by atoms with Crippen molar-refractivity contribution in [2.75, 3.05) is 36.5 Å². The van der Waals surface area contributed by atoms with Crippen molar-refractivity contribution >= 4 is 17.3 Å². The first-order chi connectivity index (χ1) is 18.6. The molecule has 0 radical (unpaired) electrons. The standard InChI is InChI=1S/C21H28N6O2.C7H15NO/c1-2-17-14-23-27-19(22-13-16-6-5-9-25(29)15-16)12-20(24-21(17)27)26-10-4-3-7-18(26)8-11-28;9-6-4-7-3-1-2-5-8-7/h5-6,9,12,14-15,18,22,28H,2-4,7-8,10-11,13H2,1H3;7-9H,1-6H2/t18-;7-/m00/s1. The summed E-state index contributed by atoms with van der Waals surface area (Å²) in [5, 5.41) is 40.9. The zero-order valence-electron chi connectivity index (χ0n) is 22.6. The Hall–Kier alpha value is -2.95. The number of aromatic nitrogens is 4. The summed E-state index contributed by atoms with van der Waals surface area (Å²) in [4.78, 5) is 7.27. The molecule has 5 rings (SSSR count). The van der Waals surface area contributed by atoms with E-state index >= 15 is 0 Å². The van der Waals surface area contributed by atoms with E-state index in [9.17, 15) is 10.3 Å². The van der Waals surface area contributed by atoms with Gasteiger partial charge in [0.1, 0.15) is 11.6 Å². The number of anilines is 2. The fraction of sp³-hybridized carbons (Fsp3) is 0.607. The van der Waals surface area contributed by atoms with Crippen LogP contribution in [0.4, 0.5) is 11.6 Å². The van der Waals surface area contributed by atoms with Crippen LogP contribution in [-0.4, -0.2) is 63.2 Å². The minimum atomic E-state index is 0.185. The molecular formula is C28H43N7O3. The Balaban J connectivity index is 0.000000317. The van der Waals surface area contributed by atoms with Crippen molar-refractivity contribution < 1.29 is 14.9 Å². The van der Waals surface area contributed by atoms with Crippen molar-refractivity contribution in [3.05, 3.63) is 53.1 Å². The number of rotatable bonds is 9. The topological polar surface area (TPSA) is 125 Å². The molecule has 0 unspecified atom stereocenters. The highest BCUT2D eigenvalue weighted by atomic mass is 16.5.